The lowest BCUT2D eigenvalue weighted by Gasteiger charge is -2.09. The lowest BCUT2D eigenvalue weighted by atomic mass is 9.95. The highest BCUT2D eigenvalue weighted by Gasteiger charge is 2.21. The minimum Gasteiger partial charge on any atom is -0.0995 e. The molecular formula is C12H14. The van der Waals surface area contributed by atoms with Crippen LogP contribution in [0.5, 0.6) is 0 Å². The van der Waals surface area contributed by atoms with Crippen molar-refractivity contribution < 1.29 is 0 Å². The van der Waals surface area contributed by atoms with E-state index in [2.05, 4.69) is 37.8 Å². The molecule has 1 aromatic rings. The molecule has 0 aromatic heterocycles. The van der Waals surface area contributed by atoms with Crippen LogP contribution in [0, 0.1) is 0 Å². The molecule has 12 heavy (non-hydrogen) atoms. The van der Waals surface area contributed by atoms with E-state index in [-0.39, 0.29) is 0 Å². The van der Waals surface area contributed by atoms with Gasteiger partial charge < -0.3 is 0 Å². The topological polar surface area (TPSA) is 0 Å². The average molecular weight is 158 g/mol. The number of benzene rings is 1. The molecule has 0 N–H and O–H groups in total. The van der Waals surface area contributed by atoms with Gasteiger partial charge in [-0.3, -0.25) is 0 Å². The Balaban J connectivity index is 2.42. The Morgan fingerprint density at radius 1 is 1.42 bits per heavy atom. The molecule has 0 fully saturated rings. The molecule has 62 valence electrons. The third kappa shape index (κ3) is 1.08. The van der Waals surface area contributed by atoms with Gasteiger partial charge in [-0.2, -0.15) is 0 Å². The van der Waals surface area contributed by atoms with Crippen molar-refractivity contribution in [3.05, 3.63) is 47.5 Å². The molecule has 0 saturated carbocycles. The fourth-order valence-electron chi connectivity index (χ4n) is 2.07. The molecule has 0 spiro atoms. The maximum atomic E-state index is 4.04. The molecule has 0 unspecified atom stereocenters. The lowest BCUT2D eigenvalue weighted by Crippen LogP contribution is -1.92. The number of fused-ring (bicyclic) bond motifs is 1. The zero-order chi connectivity index (χ0) is 8.55. The van der Waals surface area contributed by atoms with Crippen LogP contribution in [0.15, 0.2) is 36.4 Å². The molecule has 0 bridgehead atoms. The summed E-state index contributed by atoms with van der Waals surface area (Å²) in [6.07, 6.45) is 2.49. The van der Waals surface area contributed by atoms with Crippen molar-refractivity contribution in [2.45, 2.75) is 25.7 Å². The van der Waals surface area contributed by atoms with E-state index in [0.29, 0.717) is 5.92 Å². The summed E-state index contributed by atoms with van der Waals surface area (Å²) in [4.78, 5) is 0. The first-order chi connectivity index (χ1) is 5.79. The maximum absolute atomic E-state index is 4.04. The molecule has 0 radical (unpaired) electrons. The minimum absolute atomic E-state index is 0.626. The molecule has 0 heterocycles. The Kier molecular flexibility index (Phi) is 1.76. The van der Waals surface area contributed by atoms with Crippen LogP contribution in [0.2, 0.25) is 0 Å². The zero-order valence-corrected chi connectivity index (χ0v) is 7.51. The molecule has 1 aromatic carbocycles. The summed E-state index contributed by atoms with van der Waals surface area (Å²) in [7, 11) is 0. The standard InChI is InChI=1S/C12H14/c1-9(2)11-8-7-10-5-3-4-6-12(10)11/h3-6,11H,1,7-8H2,2H3/t11-/m1/s1. The highest BCUT2D eigenvalue weighted by molar-refractivity contribution is 5.39. The number of aryl methyl sites for hydroxylation is 1. The van der Waals surface area contributed by atoms with Gasteiger partial charge in [0.1, 0.15) is 0 Å². The summed E-state index contributed by atoms with van der Waals surface area (Å²) < 4.78 is 0. The molecule has 1 aliphatic rings. The monoisotopic (exact) mass is 158 g/mol. The van der Waals surface area contributed by atoms with E-state index in [9.17, 15) is 0 Å². The molecule has 2 rings (SSSR count). The van der Waals surface area contributed by atoms with E-state index in [1.165, 1.54) is 29.5 Å². The molecule has 0 nitrogen and oxygen atoms in total. The van der Waals surface area contributed by atoms with Crippen LogP contribution in [0.4, 0.5) is 0 Å². The van der Waals surface area contributed by atoms with E-state index < -0.39 is 0 Å². The van der Waals surface area contributed by atoms with Crippen molar-refractivity contribution in [2.75, 3.05) is 0 Å². The smallest absolute Gasteiger partial charge is 0.00486 e. The zero-order valence-electron chi connectivity index (χ0n) is 7.51. The van der Waals surface area contributed by atoms with Crippen molar-refractivity contribution in [3.8, 4) is 0 Å². The van der Waals surface area contributed by atoms with Gasteiger partial charge in [0.15, 0.2) is 0 Å². The molecule has 1 aliphatic carbocycles. The van der Waals surface area contributed by atoms with Crippen molar-refractivity contribution in [2.24, 2.45) is 0 Å². The molecule has 1 atom stereocenters. The van der Waals surface area contributed by atoms with Crippen molar-refractivity contribution in [1.82, 2.24) is 0 Å². The molecule has 0 saturated heterocycles. The van der Waals surface area contributed by atoms with Crippen molar-refractivity contribution in [3.63, 3.8) is 0 Å². The largest absolute Gasteiger partial charge is 0.0995 e. The van der Waals surface area contributed by atoms with E-state index in [1.54, 1.807) is 0 Å². The van der Waals surface area contributed by atoms with Gasteiger partial charge in [0.25, 0.3) is 0 Å². The van der Waals surface area contributed by atoms with Gasteiger partial charge in [0.05, 0.1) is 0 Å². The minimum atomic E-state index is 0.626. The lowest BCUT2D eigenvalue weighted by molar-refractivity contribution is 0.774. The Hall–Kier alpha value is -1.04. The fourth-order valence-corrected chi connectivity index (χ4v) is 2.07. The Labute approximate surface area is 73.9 Å². The van der Waals surface area contributed by atoms with E-state index in [4.69, 9.17) is 0 Å². The SMILES string of the molecule is C=C(C)[C@H]1CCc2ccccc21. The van der Waals surface area contributed by atoms with Crippen LogP contribution in [0.25, 0.3) is 0 Å². The van der Waals surface area contributed by atoms with Crippen LogP contribution in [0.3, 0.4) is 0 Å². The highest BCUT2D eigenvalue weighted by atomic mass is 14.3. The van der Waals surface area contributed by atoms with Gasteiger partial charge in [-0.1, -0.05) is 36.4 Å². The first-order valence-electron chi connectivity index (χ1n) is 4.52. The quantitative estimate of drug-likeness (QED) is 0.550. The second-order valence-corrected chi connectivity index (χ2v) is 3.64. The number of hydrogen-bond acceptors (Lipinski definition) is 0. The van der Waals surface area contributed by atoms with Crippen LogP contribution in [-0.4, -0.2) is 0 Å². The summed E-state index contributed by atoms with van der Waals surface area (Å²) in [5.74, 6) is 0.626. The summed E-state index contributed by atoms with van der Waals surface area (Å²) in [5, 5.41) is 0. The van der Waals surface area contributed by atoms with E-state index in [0.717, 1.165) is 0 Å². The molecule has 0 aliphatic heterocycles. The summed E-state index contributed by atoms with van der Waals surface area (Å²) >= 11 is 0. The molecule has 0 heteroatoms. The van der Waals surface area contributed by atoms with Crippen LogP contribution < -0.4 is 0 Å². The van der Waals surface area contributed by atoms with Gasteiger partial charge in [0, 0.05) is 5.92 Å². The van der Waals surface area contributed by atoms with E-state index in [1.807, 2.05) is 0 Å². The van der Waals surface area contributed by atoms with Gasteiger partial charge in [-0.15, -0.1) is 0 Å². The number of rotatable bonds is 1. The second kappa shape index (κ2) is 2.78. The average Bonchev–Trinajstić information content (AvgIpc) is 2.47. The summed E-state index contributed by atoms with van der Waals surface area (Å²) in [6, 6.07) is 8.72. The van der Waals surface area contributed by atoms with Gasteiger partial charge in [-0.05, 0) is 30.9 Å². The highest BCUT2D eigenvalue weighted by Crippen LogP contribution is 2.36. The van der Waals surface area contributed by atoms with Crippen LogP contribution in [-0.2, 0) is 6.42 Å². The molecule has 0 amide bonds. The summed E-state index contributed by atoms with van der Waals surface area (Å²) in [5.41, 5.74) is 4.33. The number of allylic oxidation sites excluding steroid dienone is 1. The van der Waals surface area contributed by atoms with Crippen LogP contribution >= 0.6 is 0 Å². The van der Waals surface area contributed by atoms with Gasteiger partial charge >= 0.3 is 0 Å². The Morgan fingerprint density at radius 3 is 2.92 bits per heavy atom. The van der Waals surface area contributed by atoms with Crippen LogP contribution in [0.1, 0.15) is 30.4 Å². The second-order valence-electron chi connectivity index (χ2n) is 3.64. The summed E-state index contributed by atoms with van der Waals surface area (Å²) in [6.45, 7) is 6.17. The first-order valence-corrected chi connectivity index (χ1v) is 4.52. The van der Waals surface area contributed by atoms with Crippen molar-refractivity contribution >= 4 is 0 Å². The molecular weight excluding hydrogens is 144 g/mol. The maximum Gasteiger partial charge on any atom is 0.00486 e. The third-order valence-corrected chi connectivity index (χ3v) is 2.73. The third-order valence-electron chi connectivity index (χ3n) is 2.73. The predicted octanol–water partition coefficient (Wildman–Crippen LogP) is 3.29. The number of hydrogen-bond donors (Lipinski definition) is 0. The van der Waals surface area contributed by atoms with E-state index >= 15 is 0 Å². The first kappa shape index (κ1) is 7.60. The normalized spacial score (nSPS) is 20.6. The Morgan fingerprint density at radius 2 is 2.17 bits per heavy atom. The van der Waals surface area contributed by atoms with Gasteiger partial charge in [-0.25, -0.2) is 0 Å². The predicted molar refractivity (Wildman–Crippen MR) is 52.3 cm³/mol. The van der Waals surface area contributed by atoms with Gasteiger partial charge in [0.2, 0.25) is 0 Å². The fraction of sp³-hybridized carbons (Fsp3) is 0.333. The Bertz CT molecular complexity index is 310. The van der Waals surface area contributed by atoms with Crippen molar-refractivity contribution in [1.29, 1.82) is 0 Å².